The molecule has 2 N–H and O–H groups in total. The number of rotatable bonds is 4. The highest BCUT2D eigenvalue weighted by molar-refractivity contribution is 5.89. The number of methoxy groups -OCH3 is 1. The van der Waals surface area contributed by atoms with Gasteiger partial charge in [-0.1, -0.05) is 12.1 Å². The zero-order valence-electron chi connectivity index (χ0n) is 11.2. The Morgan fingerprint density at radius 2 is 1.67 bits per heavy atom. The molecule has 4 nitrogen and oxygen atoms in total. The molecule has 0 amide bonds. The smallest absolute Gasteiger partial charge is 0.337 e. The first-order valence-electron chi connectivity index (χ1n) is 5.79. The molecule has 0 aliphatic rings. The molecular weight excluding hydrogens is 232 g/mol. The van der Waals surface area contributed by atoms with Crippen LogP contribution in [0.5, 0.6) is 0 Å². The van der Waals surface area contributed by atoms with E-state index in [0.29, 0.717) is 12.0 Å². The lowest BCUT2D eigenvalue weighted by atomic mass is 9.82. The zero-order chi connectivity index (χ0) is 14.0. The highest BCUT2D eigenvalue weighted by atomic mass is 16.5. The minimum Gasteiger partial charge on any atom is -0.465 e. The van der Waals surface area contributed by atoms with Crippen LogP contribution in [0.15, 0.2) is 24.3 Å². The van der Waals surface area contributed by atoms with Gasteiger partial charge in [0.05, 0.1) is 23.9 Å². The second-order valence-corrected chi connectivity index (χ2v) is 5.20. The van der Waals surface area contributed by atoms with Gasteiger partial charge in [-0.15, -0.1) is 0 Å². The summed E-state index contributed by atoms with van der Waals surface area (Å²) in [6.07, 6.45) is 0.304. The number of esters is 1. The molecule has 0 radical (unpaired) electrons. The number of benzene rings is 1. The molecule has 0 aromatic heterocycles. The van der Waals surface area contributed by atoms with E-state index in [9.17, 15) is 15.0 Å². The minimum absolute atomic E-state index is 0.304. The van der Waals surface area contributed by atoms with E-state index < -0.39 is 17.2 Å². The van der Waals surface area contributed by atoms with Gasteiger partial charge in [0.2, 0.25) is 0 Å². The molecule has 0 heterocycles. The Labute approximate surface area is 107 Å². The molecule has 1 aromatic rings. The summed E-state index contributed by atoms with van der Waals surface area (Å²) in [5.74, 6) is -0.393. The van der Waals surface area contributed by atoms with Gasteiger partial charge in [-0.05, 0) is 38.5 Å². The van der Waals surface area contributed by atoms with Crippen LogP contribution in [0.1, 0.15) is 36.7 Å². The first-order valence-corrected chi connectivity index (χ1v) is 5.79. The van der Waals surface area contributed by atoms with Crippen LogP contribution in [-0.2, 0) is 11.2 Å². The van der Waals surface area contributed by atoms with E-state index in [-0.39, 0.29) is 0 Å². The Bertz CT molecular complexity index is 412. The van der Waals surface area contributed by atoms with Crippen LogP contribution < -0.4 is 0 Å². The van der Waals surface area contributed by atoms with Crippen molar-refractivity contribution in [2.75, 3.05) is 7.11 Å². The van der Waals surface area contributed by atoms with Gasteiger partial charge in [-0.25, -0.2) is 4.79 Å². The van der Waals surface area contributed by atoms with Gasteiger partial charge in [0.15, 0.2) is 0 Å². The third-order valence-electron chi connectivity index (χ3n) is 3.24. The molecule has 0 aliphatic heterocycles. The number of carbonyl (C=O) groups excluding carboxylic acids is 1. The maximum Gasteiger partial charge on any atom is 0.337 e. The summed E-state index contributed by atoms with van der Waals surface area (Å²) < 4.78 is 4.60. The van der Waals surface area contributed by atoms with Crippen LogP contribution in [-0.4, -0.2) is 34.5 Å². The van der Waals surface area contributed by atoms with Crippen LogP contribution in [0.2, 0.25) is 0 Å². The second kappa shape index (κ2) is 5.08. The fourth-order valence-electron chi connectivity index (χ4n) is 1.49. The summed E-state index contributed by atoms with van der Waals surface area (Å²) in [4.78, 5) is 11.3. The van der Waals surface area contributed by atoms with Crippen molar-refractivity contribution in [2.24, 2.45) is 0 Å². The van der Waals surface area contributed by atoms with Crippen molar-refractivity contribution in [3.8, 4) is 0 Å². The summed E-state index contributed by atoms with van der Waals surface area (Å²) >= 11 is 0. The monoisotopic (exact) mass is 252 g/mol. The average Bonchev–Trinajstić information content (AvgIpc) is 2.27. The molecule has 0 saturated heterocycles. The molecule has 0 aliphatic carbocycles. The van der Waals surface area contributed by atoms with E-state index in [1.807, 2.05) is 0 Å². The molecule has 100 valence electrons. The van der Waals surface area contributed by atoms with E-state index in [1.54, 1.807) is 45.0 Å². The SMILES string of the molecule is COC(=O)c1ccc(CC(C)(O)C(C)(C)O)cc1. The zero-order valence-corrected chi connectivity index (χ0v) is 11.2. The third-order valence-corrected chi connectivity index (χ3v) is 3.24. The number of hydrogen-bond donors (Lipinski definition) is 2. The van der Waals surface area contributed by atoms with E-state index >= 15 is 0 Å². The second-order valence-electron chi connectivity index (χ2n) is 5.20. The van der Waals surface area contributed by atoms with Gasteiger partial charge in [-0.3, -0.25) is 0 Å². The van der Waals surface area contributed by atoms with Crippen LogP contribution in [0.4, 0.5) is 0 Å². The van der Waals surface area contributed by atoms with Gasteiger partial charge < -0.3 is 14.9 Å². The minimum atomic E-state index is -1.24. The predicted octanol–water partition coefficient (Wildman–Crippen LogP) is 1.54. The summed E-state index contributed by atoms with van der Waals surface area (Å²) in [6, 6.07) is 6.77. The van der Waals surface area contributed by atoms with E-state index in [4.69, 9.17) is 0 Å². The van der Waals surface area contributed by atoms with Crippen LogP contribution >= 0.6 is 0 Å². The first kappa shape index (κ1) is 14.7. The lowest BCUT2D eigenvalue weighted by molar-refractivity contribution is -0.118. The fraction of sp³-hybridized carbons (Fsp3) is 0.500. The number of ether oxygens (including phenoxy) is 1. The molecule has 4 heteroatoms. The van der Waals surface area contributed by atoms with Gasteiger partial charge in [0.1, 0.15) is 0 Å². The van der Waals surface area contributed by atoms with E-state index in [2.05, 4.69) is 4.74 Å². The average molecular weight is 252 g/mol. The summed E-state index contributed by atoms with van der Waals surface area (Å²) in [7, 11) is 1.33. The Balaban J connectivity index is 2.85. The number of hydrogen-bond acceptors (Lipinski definition) is 4. The fourth-order valence-corrected chi connectivity index (χ4v) is 1.49. The molecule has 0 spiro atoms. The van der Waals surface area contributed by atoms with Gasteiger partial charge in [-0.2, -0.15) is 0 Å². The first-order chi connectivity index (χ1) is 8.17. The number of carbonyl (C=O) groups is 1. The molecule has 18 heavy (non-hydrogen) atoms. The molecule has 0 fully saturated rings. The van der Waals surface area contributed by atoms with Crippen molar-refractivity contribution in [1.29, 1.82) is 0 Å². The quantitative estimate of drug-likeness (QED) is 0.798. The summed E-state index contributed by atoms with van der Waals surface area (Å²) in [5, 5.41) is 20.1. The molecule has 1 unspecified atom stereocenters. The molecule has 1 aromatic carbocycles. The Kier molecular flexibility index (Phi) is 4.14. The molecule has 0 saturated carbocycles. The Hall–Kier alpha value is -1.39. The molecule has 1 atom stereocenters. The maximum atomic E-state index is 11.3. The van der Waals surface area contributed by atoms with Crippen LogP contribution in [0, 0.1) is 0 Å². The van der Waals surface area contributed by atoms with Crippen molar-refractivity contribution in [3.63, 3.8) is 0 Å². The predicted molar refractivity (Wildman–Crippen MR) is 68.4 cm³/mol. The van der Waals surface area contributed by atoms with Crippen molar-refractivity contribution in [2.45, 2.75) is 38.4 Å². The highest BCUT2D eigenvalue weighted by Crippen LogP contribution is 2.25. The van der Waals surface area contributed by atoms with Gasteiger partial charge in [0, 0.05) is 6.42 Å². The third kappa shape index (κ3) is 3.31. The highest BCUT2D eigenvalue weighted by Gasteiger charge is 2.37. The van der Waals surface area contributed by atoms with Crippen molar-refractivity contribution < 1.29 is 19.7 Å². The van der Waals surface area contributed by atoms with Gasteiger partial charge >= 0.3 is 5.97 Å². The van der Waals surface area contributed by atoms with Crippen molar-refractivity contribution in [1.82, 2.24) is 0 Å². The normalized spacial score (nSPS) is 15.0. The van der Waals surface area contributed by atoms with E-state index in [0.717, 1.165) is 5.56 Å². The summed E-state index contributed by atoms with van der Waals surface area (Å²) in [6.45, 7) is 4.72. The van der Waals surface area contributed by atoms with Gasteiger partial charge in [0.25, 0.3) is 0 Å². The molecular formula is C14H20O4. The van der Waals surface area contributed by atoms with Crippen molar-refractivity contribution >= 4 is 5.97 Å². The Morgan fingerprint density at radius 3 is 2.06 bits per heavy atom. The van der Waals surface area contributed by atoms with Crippen molar-refractivity contribution in [3.05, 3.63) is 35.4 Å². The lowest BCUT2D eigenvalue weighted by Gasteiger charge is -2.35. The molecule has 1 rings (SSSR count). The molecule has 0 bridgehead atoms. The van der Waals surface area contributed by atoms with Crippen LogP contribution in [0.25, 0.3) is 0 Å². The summed E-state index contributed by atoms with van der Waals surface area (Å²) in [5.41, 5.74) is -1.13. The Morgan fingerprint density at radius 1 is 1.17 bits per heavy atom. The topological polar surface area (TPSA) is 66.8 Å². The number of aliphatic hydroxyl groups is 2. The largest absolute Gasteiger partial charge is 0.465 e. The maximum absolute atomic E-state index is 11.3. The van der Waals surface area contributed by atoms with E-state index in [1.165, 1.54) is 7.11 Å². The van der Waals surface area contributed by atoms with Crippen LogP contribution in [0.3, 0.4) is 0 Å². The standard InChI is InChI=1S/C14H20O4/c1-13(2,16)14(3,17)9-10-5-7-11(8-6-10)12(15)18-4/h5-8,16-17H,9H2,1-4H3. The lowest BCUT2D eigenvalue weighted by Crippen LogP contribution is -2.49.